The summed E-state index contributed by atoms with van der Waals surface area (Å²) in [6, 6.07) is 0. The molecule has 84 valence electrons. The van der Waals surface area contributed by atoms with Gasteiger partial charge in [-0.1, -0.05) is 0 Å². The summed E-state index contributed by atoms with van der Waals surface area (Å²) in [5.74, 6) is 2.07. The van der Waals surface area contributed by atoms with Gasteiger partial charge < -0.3 is 14.3 Å². The zero-order valence-electron chi connectivity index (χ0n) is 8.98. The van der Waals surface area contributed by atoms with E-state index in [2.05, 4.69) is 4.98 Å². The van der Waals surface area contributed by atoms with Crippen LogP contribution in [0.2, 0.25) is 0 Å². The van der Waals surface area contributed by atoms with Crippen molar-refractivity contribution in [3.63, 3.8) is 0 Å². The molecule has 1 fully saturated rings. The molecule has 2 heterocycles. The van der Waals surface area contributed by atoms with E-state index >= 15 is 0 Å². The number of rotatable bonds is 4. The van der Waals surface area contributed by atoms with Gasteiger partial charge in [-0.2, -0.15) is 0 Å². The largest absolute Gasteiger partial charge is 0.446 e. The molecular weight excluding hydrogens is 194 g/mol. The molecule has 1 aromatic heterocycles. The second kappa shape index (κ2) is 4.77. The number of aromatic nitrogens is 1. The van der Waals surface area contributed by atoms with E-state index in [-0.39, 0.29) is 6.10 Å². The monoisotopic (exact) mass is 211 g/mol. The molecule has 2 rings (SSSR count). The van der Waals surface area contributed by atoms with Crippen molar-refractivity contribution in [3.05, 3.63) is 17.8 Å². The minimum absolute atomic E-state index is 0.374. The van der Waals surface area contributed by atoms with Crippen molar-refractivity contribution in [2.45, 2.75) is 32.3 Å². The highest BCUT2D eigenvalue weighted by molar-refractivity contribution is 4.96. The molecule has 1 aliphatic heterocycles. The normalized spacial score (nSPS) is 23.2. The third kappa shape index (κ3) is 3.04. The molecule has 1 saturated heterocycles. The van der Waals surface area contributed by atoms with Crippen molar-refractivity contribution < 1.29 is 14.3 Å². The van der Waals surface area contributed by atoms with Gasteiger partial charge in [-0.05, 0) is 19.3 Å². The second-order valence-corrected chi connectivity index (χ2v) is 4.21. The van der Waals surface area contributed by atoms with Gasteiger partial charge in [0.25, 0.3) is 0 Å². The van der Waals surface area contributed by atoms with Gasteiger partial charge in [0.05, 0.1) is 12.3 Å². The molecule has 0 aromatic carbocycles. The average Bonchev–Trinajstić information content (AvgIpc) is 2.77. The summed E-state index contributed by atoms with van der Waals surface area (Å²) in [4.78, 5) is 4.20. The first kappa shape index (κ1) is 10.6. The number of aliphatic hydroxyl groups is 1. The molecule has 2 atom stereocenters. The maximum absolute atomic E-state index is 9.19. The standard InChI is InChI=1S/C11H17NO3/c1-8(13)4-10-6-12-11(15-10)5-9-2-3-14-7-9/h6,8-9,13H,2-5,7H2,1H3. The first-order valence-corrected chi connectivity index (χ1v) is 5.43. The first-order chi connectivity index (χ1) is 7.24. The van der Waals surface area contributed by atoms with Crippen LogP contribution < -0.4 is 0 Å². The molecule has 0 spiro atoms. The van der Waals surface area contributed by atoms with E-state index in [0.29, 0.717) is 12.3 Å². The van der Waals surface area contributed by atoms with Crippen molar-refractivity contribution >= 4 is 0 Å². The first-order valence-electron chi connectivity index (χ1n) is 5.43. The third-order valence-electron chi connectivity index (χ3n) is 2.59. The summed E-state index contributed by atoms with van der Waals surface area (Å²) in [6.45, 7) is 3.41. The van der Waals surface area contributed by atoms with E-state index in [9.17, 15) is 5.11 Å². The lowest BCUT2D eigenvalue weighted by Gasteiger charge is -2.02. The van der Waals surface area contributed by atoms with Crippen LogP contribution in [0.15, 0.2) is 10.6 Å². The predicted molar refractivity (Wildman–Crippen MR) is 54.5 cm³/mol. The molecule has 0 radical (unpaired) electrons. The van der Waals surface area contributed by atoms with E-state index in [1.165, 1.54) is 0 Å². The van der Waals surface area contributed by atoms with Crippen LogP contribution in [0, 0.1) is 5.92 Å². The molecule has 0 aliphatic carbocycles. The molecule has 0 bridgehead atoms. The highest BCUT2D eigenvalue weighted by Crippen LogP contribution is 2.18. The van der Waals surface area contributed by atoms with Crippen molar-refractivity contribution in [3.8, 4) is 0 Å². The zero-order valence-corrected chi connectivity index (χ0v) is 8.98. The van der Waals surface area contributed by atoms with E-state index in [1.807, 2.05) is 0 Å². The van der Waals surface area contributed by atoms with Crippen LogP contribution in [0.1, 0.15) is 25.0 Å². The van der Waals surface area contributed by atoms with Crippen molar-refractivity contribution in [1.29, 1.82) is 0 Å². The molecule has 1 aromatic rings. The fourth-order valence-corrected chi connectivity index (χ4v) is 1.82. The van der Waals surface area contributed by atoms with E-state index in [1.54, 1.807) is 13.1 Å². The molecule has 4 heteroatoms. The van der Waals surface area contributed by atoms with Crippen LogP contribution in [0.5, 0.6) is 0 Å². The van der Waals surface area contributed by atoms with Gasteiger partial charge in [-0.15, -0.1) is 0 Å². The molecule has 2 unspecified atom stereocenters. The van der Waals surface area contributed by atoms with Crippen molar-refractivity contribution in [2.24, 2.45) is 5.92 Å². The van der Waals surface area contributed by atoms with Gasteiger partial charge in [0.15, 0.2) is 5.89 Å². The lowest BCUT2D eigenvalue weighted by molar-refractivity contribution is 0.181. The molecule has 0 amide bonds. The molecule has 1 N–H and O–H groups in total. The fraction of sp³-hybridized carbons (Fsp3) is 0.727. The number of aliphatic hydroxyl groups excluding tert-OH is 1. The maximum Gasteiger partial charge on any atom is 0.194 e. The molecule has 1 aliphatic rings. The third-order valence-corrected chi connectivity index (χ3v) is 2.59. The Hall–Kier alpha value is -0.870. The van der Waals surface area contributed by atoms with Crippen molar-refractivity contribution in [2.75, 3.05) is 13.2 Å². The van der Waals surface area contributed by atoms with Gasteiger partial charge in [0.1, 0.15) is 5.76 Å². The van der Waals surface area contributed by atoms with E-state index in [4.69, 9.17) is 9.15 Å². The Morgan fingerprint density at radius 1 is 1.67 bits per heavy atom. The highest BCUT2D eigenvalue weighted by Gasteiger charge is 2.18. The highest BCUT2D eigenvalue weighted by atomic mass is 16.5. The predicted octanol–water partition coefficient (Wildman–Crippen LogP) is 1.18. The Kier molecular flexibility index (Phi) is 3.38. The minimum atomic E-state index is -0.374. The van der Waals surface area contributed by atoms with Gasteiger partial charge in [-0.3, -0.25) is 0 Å². The summed E-state index contributed by atoms with van der Waals surface area (Å²) >= 11 is 0. The van der Waals surface area contributed by atoms with Crippen LogP contribution in [0.4, 0.5) is 0 Å². The van der Waals surface area contributed by atoms with Crippen molar-refractivity contribution in [1.82, 2.24) is 4.98 Å². The van der Waals surface area contributed by atoms with E-state index in [0.717, 1.165) is 37.7 Å². The number of hydrogen-bond donors (Lipinski definition) is 1. The van der Waals surface area contributed by atoms with Crippen LogP contribution in [0.25, 0.3) is 0 Å². The molecule has 15 heavy (non-hydrogen) atoms. The van der Waals surface area contributed by atoms with Crippen LogP contribution in [-0.2, 0) is 17.6 Å². The summed E-state index contributed by atoms with van der Waals surface area (Å²) < 4.78 is 10.8. The second-order valence-electron chi connectivity index (χ2n) is 4.21. The Morgan fingerprint density at radius 2 is 2.53 bits per heavy atom. The quantitative estimate of drug-likeness (QED) is 0.812. The Balaban J connectivity index is 1.88. The summed E-state index contributed by atoms with van der Waals surface area (Å²) in [5, 5.41) is 9.19. The lowest BCUT2D eigenvalue weighted by Crippen LogP contribution is -2.04. The number of hydrogen-bond acceptors (Lipinski definition) is 4. The van der Waals surface area contributed by atoms with Gasteiger partial charge in [0.2, 0.25) is 0 Å². The molecule has 0 saturated carbocycles. The fourth-order valence-electron chi connectivity index (χ4n) is 1.82. The zero-order chi connectivity index (χ0) is 10.7. The average molecular weight is 211 g/mol. The lowest BCUT2D eigenvalue weighted by atomic mass is 10.1. The SMILES string of the molecule is CC(O)Cc1cnc(CC2CCOC2)o1. The summed E-state index contributed by atoms with van der Waals surface area (Å²) in [7, 11) is 0. The summed E-state index contributed by atoms with van der Waals surface area (Å²) in [6.07, 6.45) is 3.81. The van der Waals surface area contributed by atoms with Crippen LogP contribution in [-0.4, -0.2) is 29.4 Å². The van der Waals surface area contributed by atoms with Gasteiger partial charge in [-0.25, -0.2) is 4.98 Å². The van der Waals surface area contributed by atoms with E-state index < -0.39 is 0 Å². The molecule has 4 nitrogen and oxygen atoms in total. The van der Waals surface area contributed by atoms with Gasteiger partial charge in [0, 0.05) is 26.1 Å². The Labute approximate surface area is 89.3 Å². The van der Waals surface area contributed by atoms with Crippen LogP contribution in [0.3, 0.4) is 0 Å². The number of oxazole rings is 1. The summed E-state index contributed by atoms with van der Waals surface area (Å²) in [5.41, 5.74) is 0. The van der Waals surface area contributed by atoms with Gasteiger partial charge >= 0.3 is 0 Å². The maximum atomic E-state index is 9.19. The molecular formula is C11H17NO3. The minimum Gasteiger partial charge on any atom is -0.446 e. The Morgan fingerprint density at radius 3 is 3.20 bits per heavy atom. The number of ether oxygens (including phenoxy) is 1. The smallest absolute Gasteiger partial charge is 0.194 e. The topological polar surface area (TPSA) is 55.5 Å². The Bertz CT molecular complexity index is 303. The number of nitrogens with zero attached hydrogens (tertiary/aromatic N) is 1. The van der Waals surface area contributed by atoms with Crippen LogP contribution >= 0.6 is 0 Å².